The van der Waals surface area contributed by atoms with Crippen LogP contribution in [-0.2, 0) is 16.6 Å². The van der Waals surface area contributed by atoms with E-state index in [2.05, 4.69) is 4.72 Å². The zero-order chi connectivity index (χ0) is 12.3. The molecular formula is C10H15NO3S3. The molecule has 2 N–H and O–H groups in total. The minimum Gasteiger partial charge on any atom is -0.392 e. The van der Waals surface area contributed by atoms with Crippen LogP contribution in [-0.4, -0.2) is 31.1 Å². The number of aliphatic hydroxyl groups excluding tert-OH is 1. The summed E-state index contributed by atoms with van der Waals surface area (Å²) in [5.74, 6) is 2.03. The van der Waals surface area contributed by atoms with E-state index in [9.17, 15) is 8.42 Å². The first-order valence-corrected chi connectivity index (χ1v) is 8.92. The van der Waals surface area contributed by atoms with E-state index in [1.165, 1.54) is 6.07 Å². The molecule has 0 radical (unpaired) electrons. The molecule has 1 aliphatic rings. The third kappa shape index (κ3) is 3.45. The fourth-order valence-corrected chi connectivity index (χ4v) is 5.30. The van der Waals surface area contributed by atoms with Crippen LogP contribution in [0.1, 0.15) is 18.4 Å². The van der Waals surface area contributed by atoms with Gasteiger partial charge in [0.15, 0.2) is 0 Å². The lowest BCUT2D eigenvalue weighted by Crippen LogP contribution is -2.36. The molecule has 17 heavy (non-hydrogen) atoms. The standard InChI is InChI=1S/C10H15NO3S3/c12-6-8-5-10(16-7-8)17(13,14)11-9-1-3-15-4-2-9/h5,7,9,11-12H,1-4,6H2. The Bertz CT molecular complexity index is 463. The molecule has 96 valence electrons. The predicted octanol–water partition coefficient (Wildman–Crippen LogP) is 1.41. The molecular weight excluding hydrogens is 278 g/mol. The van der Waals surface area contributed by atoms with Gasteiger partial charge in [-0.1, -0.05) is 0 Å². The third-order valence-electron chi connectivity index (χ3n) is 2.62. The topological polar surface area (TPSA) is 66.4 Å². The van der Waals surface area contributed by atoms with Crippen molar-refractivity contribution in [1.29, 1.82) is 0 Å². The Balaban J connectivity index is 2.07. The summed E-state index contributed by atoms with van der Waals surface area (Å²) in [6, 6.07) is 1.59. The first-order chi connectivity index (χ1) is 8.12. The van der Waals surface area contributed by atoms with E-state index in [0.29, 0.717) is 9.77 Å². The van der Waals surface area contributed by atoms with E-state index >= 15 is 0 Å². The van der Waals surface area contributed by atoms with Crippen LogP contribution in [0.25, 0.3) is 0 Å². The Hall–Kier alpha value is -0.0800. The molecule has 0 spiro atoms. The van der Waals surface area contributed by atoms with Gasteiger partial charge in [0.2, 0.25) is 10.0 Å². The van der Waals surface area contributed by atoms with Crippen molar-refractivity contribution < 1.29 is 13.5 Å². The summed E-state index contributed by atoms with van der Waals surface area (Å²) >= 11 is 3.02. The molecule has 0 amide bonds. The van der Waals surface area contributed by atoms with Crippen LogP contribution in [0.4, 0.5) is 0 Å². The summed E-state index contributed by atoms with van der Waals surface area (Å²) in [6.45, 7) is -0.119. The maximum Gasteiger partial charge on any atom is 0.250 e. The van der Waals surface area contributed by atoms with E-state index in [0.717, 1.165) is 35.7 Å². The maximum absolute atomic E-state index is 12.0. The maximum atomic E-state index is 12.0. The fraction of sp³-hybridized carbons (Fsp3) is 0.600. The second-order valence-corrected chi connectivity index (χ2v) is 8.02. The molecule has 0 aliphatic carbocycles. The number of rotatable bonds is 4. The van der Waals surface area contributed by atoms with Gasteiger partial charge in [-0.2, -0.15) is 11.8 Å². The van der Waals surface area contributed by atoms with E-state index in [1.54, 1.807) is 5.38 Å². The van der Waals surface area contributed by atoms with Gasteiger partial charge in [-0.05, 0) is 41.4 Å². The number of sulfonamides is 1. The van der Waals surface area contributed by atoms with Gasteiger partial charge in [-0.3, -0.25) is 0 Å². The number of aliphatic hydroxyl groups is 1. The molecule has 0 atom stereocenters. The molecule has 1 saturated heterocycles. The predicted molar refractivity (Wildman–Crippen MR) is 70.9 cm³/mol. The number of nitrogens with one attached hydrogen (secondary N) is 1. The normalized spacial score (nSPS) is 18.4. The van der Waals surface area contributed by atoms with Crippen LogP contribution in [0.15, 0.2) is 15.7 Å². The highest BCUT2D eigenvalue weighted by atomic mass is 32.2. The first kappa shape index (κ1) is 13.4. The summed E-state index contributed by atoms with van der Waals surface area (Å²) in [5, 5.41) is 10.6. The number of hydrogen-bond donors (Lipinski definition) is 2. The Labute approximate surface area is 109 Å². The second-order valence-electron chi connectivity index (χ2n) is 3.94. The number of thioether (sulfide) groups is 1. The minimum atomic E-state index is -3.40. The lowest BCUT2D eigenvalue weighted by atomic mass is 10.2. The zero-order valence-corrected chi connectivity index (χ0v) is 11.7. The second kappa shape index (κ2) is 5.71. The molecule has 7 heteroatoms. The van der Waals surface area contributed by atoms with Crippen molar-refractivity contribution in [2.75, 3.05) is 11.5 Å². The summed E-state index contributed by atoms with van der Waals surface area (Å²) in [7, 11) is -3.40. The SMILES string of the molecule is O=S(=O)(NC1CCSCC1)c1cc(CO)cs1. The molecule has 0 bridgehead atoms. The summed E-state index contributed by atoms with van der Waals surface area (Å²) in [6.07, 6.45) is 1.78. The van der Waals surface area contributed by atoms with Crippen LogP contribution >= 0.6 is 23.1 Å². The molecule has 1 aromatic rings. The molecule has 1 aromatic heterocycles. The lowest BCUT2D eigenvalue weighted by molar-refractivity contribution is 0.282. The minimum absolute atomic E-state index is 0.0564. The quantitative estimate of drug-likeness (QED) is 0.881. The number of thiophene rings is 1. The van der Waals surface area contributed by atoms with E-state index < -0.39 is 10.0 Å². The molecule has 2 rings (SSSR count). The van der Waals surface area contributed by atoms with Crippen molar-refractivity contribution in [3.63, 3.8) is 0 Å². The average Bonchev–Trinajstić information content (AvgIpc) is 2.79. The van der Waals surface area contributed by atoms with Crippen LogP contribution in [0.2, 0.25) is 0 Å². The van der Waals surface area contributed by atoms with E-state index in [-0.39, 0.29) is 12.6 Å². The van der Waals surface area contributed by atoms with Gasteiger partial charge >= 0.3 is 0 Å². The van der Waals surface area contributed by atoms with Crippen LogP contribution in [0.5, 0.6) is 0 Å². The van der Waals surface area contributed by atoms with Crippen LogP contribution < -0.4 is 4.72 Å². The molecule has 4 nitrogen and oxygen atoms in total. The first-order valence-electron chi connectivity index (χ1n) is 5.40. The Morgan fingerprint density at radius 3 is 2.71 bits per heavy atom. The summed E-state index contributed by atoms with van der Waals surface area (Å²) in [4.78, 5) is 0. The van der Waals surface area contributed by atoms with E-state index in [4.69, 9.17) is 5.11 Å². The molecule has 0 aromatic carbocycles. The highest BCUT2D eigenvalue weighted by Crippen LogP contribution is 2.23. The molecule has 0 unspecified atom stereocenters. The molecule has 0 saturated carbocycles. The molecule has 1 fully saturated rings. The van der Waals surface area contributed by atoms with Crippen LogP contribution in [0, 0.1) is 0 Å². The van der Waals surface area contributed by atoms with Crippen molar-refractivity contribution >= 4 is 33.1 Å². The zero-order valence-electron chi connectivity index (χ0n) is 9.26. The van der Waals surface area contributed by atoms with Gasteiger partial charge in [0, 0.05) is 6.04 Å². The monoisotopic (exact) mass is 293 g/mol. The van der Waals surface area contributed by atoms with Gasteiger partial charge in [0.25, 0.3) is 0 Å². The van der Waals surface area contributed by atoms with Crippen molar-refractivity contribution in [2.24, 2.45) is 0 Å². The molecule has 2 heterocycles. The van der Waals surface area contributed by atoms with Gasteiger partial charge in [-0.25, -0.2) is 13.1 Å². The van der Waals surface area contributed by atoms with E-state index in [1.807, 2.05) is 11.8 Å². The van der Waals surface area contributed by atoms with Gasteiger partial charge in [0.05, 0.1) is 6.61 Å². The highest BCUT2D eigenvalue weighted by Gasteiger charge is 2.23. The van der Waals surface area contributed by atoms with Gasteiger partial charge < -0.3 is 5.11 Å². The lowest BCUT2D eigenvalue weighted by Gasteiger charge is -2.21. The van der Waals surface area contributed by atoms with Gasteiger partial charge in [-0.15, -0.1) is 11.3 Å². The smallest absolute Gasteiger partial charge is 0.250 e. The Morgan fingerprint density at radius 2 is 2.12 bits per heavy atom. The van der Waals surface area contributed by atoms with Crippen LogP contribution in [0.3, 0.4) is 0 Å². The molecule has 1 aliphatic heterocycles. The van der Waals surface area contributed by atoms with Crippen molar-refractivity contribution in [1.82, 2.24) is 4.72 Å². The van der Waals surface area contributed by atoms with Crippen molar-refractivity contribution in [2.45, 2.75) is 29.7 Å². The van der Waals surface area contributed by atoms with Crippen molar-refractivity contribution in [3.8, 4) is 0 Å². The summed E-state index contributed by atoms with van der Waals surface area (Å²) < 4.78 is 27.1. The van der Waals surface area contributed by atoms with Gasteiger partial charge in [0.1, 0.15) is 4.21 Å². The fourth-order valence-electron chi connectivity index (χ4n) is 1.67. The Morgan fingerprint density at radius 1 is 1.41 bits per heavy atom. The summed E-state index contributed by atoms with van der Waals surface area (Å²) in [5.41, 5.74) is 0.648. The number of hydrogen-bond acceptors (Lipinski definition) is 5. The highest BCUT2D eigenvalue weighted by molar-refractivity contribution is 7.99. The average molecular weight is 293 g/mol. The third-order valence-corrected chi connectivity index (χ3v) is 6.68. The largest absolute Gasteiger partial charge is 0.392 e. The Kier molecular flexibility index (Phi) is 4.48. The van der Waals surface area contributed by atoms with Crippen molar-refractivity contribution in [3.05, 3.63) is 17.0 Å².